The second kappa shape index (κ2) is 9.27. The fraction of sp³-hybridized carbons (Fsp3) is 0.480. The van der Waals surface area contributed by atoms with E-state index in [4.69, 9.17) is 0 Å². The molecule has 2 aliphatic rings. The van der Waals surface area contributed by atoms with Crippen LogP contribution in [0.3, 0.4) is 0 Å². The van der Waals surface area contributed by atoms with Crippen LogP contribution in [0.4, 0.5) is 4.79 Å². The Morgan fingerprint density at radius 3 is 1.36 bits per heavy atom. The smallest absolute Gasteiger partial charge is 0.319 e. The van der Waals surface area contributed by atoms with E-state index < -0.39 is 0 Å². The van der Waals surface area contributed by atoms with E-state index in [9.17, 15) is 4.79 Å². The Hall–Kier alpha value is -2.29. The molecule has 0 aliphatic carbocycles. The Kier molecular flexibility index (Phi) is 6.31. The Bertz CT molecular complexity index is 666. The van der Waals surface area contributed by atoms with Crippen LogP contribution in [-0.4, -0.2) is 42.0 Å². The van der Waals surface area contributed by atoms with Crippen LogP contribution in [-0.2, 0) is 12.8 Å². The minimum Gasteiger partial charge on any atom is -0.325 e. The molecule has 2 heterocycles. The highest BCUT2D eigenvalue weighted by Crippen LogP contribution is 2.25. The Balaban J connectivity index is 1.20. The van der Waals surface area contributed by atoms with Gasteiger partial charge in [0.25, 0.3) is 0 Å². The van der Waals surface area contributed by atoms with Crippen molar-refractivity contribution in [3.05, 3.63) is 71.8 Å². The Labute approximate surface area is 169 Å². The van der Waals surface area contributed by atoms with Crippen LogP contribution in [0.1, 0.15) is 36.8 Å². The summed E-state index contributed by atoms with van der Waals surface area (Å²) in [5.74, 6) is 1.42. The maximum absolute atomic E-state index is 12.9. The summed E-state index contributed by atoms with van der Waals surface area (Å²) in [5, 5.41) is 0. The molecule has 3 nitrogen and oxygen atoms in total. The van der Waals surface area contributed by atoms with Gasteiger partial charge in [0.1, 0.15) is 0 Å². The average Bonchev–Trinajstić information content (AvgIpc) is 2.76. The van der Waals surface area contributed by atoms with Gasteiger partial charge in [0, 0.05) is 26.2 Å². The van der Waals surface area contributed by atoms with E-state index in [2.05, 4.69) is 70.5 Å². The topological polar surface area (TPSA) is 23.6 Å². The van der Waals surface area contributed by atoms with Crippen molar-refractivity contribution in [2.24, 2.45) is 11.8 Å². The molecule has 3 heteroatoms. The number of nitrogens with zero attached hydrogens (tertiary/aromatic N) is 2. The predicted octanol–water partition coefficient (Wildman–Crippen LogP) is 5.02. The Morgan fingerprint density at radius 2 is 1.00 bits per heavy atom. The van der Waals surface area contributed by atoms with Gasteiger partial charge < -0.3 is 9.80 Å². The maximum Gasteiger partial charge on any atom is 0.319 e. The van der Waals surface area contributed by atoms with Crippen LogP contribution in [0.5, 0.6) is 0 Å². The number of piperidine rings is 2. The highest BCUT2D eigenvalue weighted by molar-refractivity contribution is 5.74. The SMILES string of the molecule is O=C(N1CCC(Cc2ccccc2)CC1)N1CCC(Cc2ccccc2)CC1. The van der Waals surface area contributed by atoms with E-state index in [1.807, 2.05) is 0 Å². The maximum atomic E-state index is 12.9. The number of hydrogen-bond donors (Lipinski definition) is 0. The molecule has 2 fully saturated rings. The summed E-state index contributed by atoms with van der Waals surface area (Å²) in [7, 11) is 0. The van der Waals surface area contributed by atoms with Crippen LogP contribution in [0, 0.1) is 11.8 Å². The number of carbonyl (C=O) groups is 1. The van der Waals surface area contributed by atoms with E-state index in [0.717, 1.165) is 64.7 Å². The summed E-state index contributed by atoms with van der Waals surface area (Å²) >= 11 is 0. The summed E-state index contributed by atoms with van der Waals surface area (Å²) in [6, 6.07) is 21.8. The summed E-state index contributed by atoms with van der Waals surface area (Å²) in [6.07, 6.45) is 6.81. The number of hydrogen-bond acceptors (Lipinski definition) is 1. The molecule has 2 saturated heterocycles. The molecule has 0 radical (unpaired) electrons. The quantitative estimate of drug-likeness (QED) is 0.735. The monoisotopic (exact) mass is 376 g/mol. The molecule has 28 heavy (non-hydrogen) atoms. The van der Waals surface area contributed by atoms with Crippen LogP contribution < -0.4 is 0 Å². The molecule has 0 spiro atoms. The molecule has 2 aliphatic heterocycles. The fourth-order valence-corrected chi connectivity index (χ4v) is 4.75. The molecule has 2 amide bonds. The zero-order valence-corrected chi connectivity index (χ0v) is 16.8. The molecule has 4 rings (SSSR count). The first-order chi connectivity index (χ1) is 13.8. The first-order valence-electron chi connectivity index (χ1n) is 10.9. The van der Waals surface area contributed by atoms with Gasteiger partial charge in [-0.25, -0.2) is 4.79 Å². The molecule has 2 aromatic carbocycles. The zero-order chi connectivity index (χ0) is 19.2. The molecule has 0 N–H and O–H groups in total. The second-order valence-corrected chi connectivity index (χ2v) is 8.52. The predicted molar refractivity (Wildman–Crippen MR) is 114 cm³/mol. The molecule has 0 aromatic heterocycles. The summed E-state index contributed by atoms with van der Waals surface area (Å²) in [4.78, 5) is 17.1. The lowest BCUT2D eigenvalue weighted by Gasteiger charge is -2.38. The van der Waals surface area contributed by atoms with Crippen molar-refractivity contribution < 1.29 is 4.79 Å². The van der Waals surface area contributed by atoms with E-state index in [-0.39, 0.29) is 6.03 Å². The number of rotatable bonds is 4. The largest absolute Gasteiger partial charge is 0.325 e. The molecular weight excluding hydrogens is 344 g/mol. The number of amides is 2. The van der Waals surface area contributed by atoms with Gasteiger partial charge in [-0.3, -0.25) is 0 Å². The van der Waals surface area contributed by atoms with Crippen molar-refractivity contribution in [1.82, 2.24) is 9.80 Å². The van der Waals surface area contributed by atoms with Gasteiger partial charge in [0.2, 0.25) is 0 Å². The lowest BCUT2D eigenvalue weighted by Crippen LogP contribution is -2.49. The fourth-order valence-electron chi connectivity index (χ4n) is 4.75. The van der Waals surface area contributed by atoms with Crippen molar-refractivity contribution >= 4 is 6.03 Å². The van der Waals surface area contributed by atoms with E-state index in [1.54, 1.807) is 0 Å². The van der Waals surface area contributed by atoms with Gasteiger partial charge in [-0.05, 0) is 61.5 Å². The highest BCUT2D eigenvalue weighted by Gasteiger charge is 2.29. The van der Waals surface area contributed by atoms with Gasteiger partial charge in [0.05, 0.1) is 0 Å². The van der Waals surface area contributed by atoms with Crippen LogP contribution in [0.25, 0.3) is 0 Å². The van der Waals surface area contributed by atoms with Gasteiger partial charge in [-0.1, -0.05) is 60.7 Å². The van der Waals surface area contributed by atoms with Crippen molar-refractivity contribution in [3.63, 3.8) is 0 Å². The lowest BCUT2D eigenvalue weighted by atomic mass is 9.89. The summed E-state index contributed by atoms with van der Waals surface area (Å²) in [5.41, 5.74) is 2.85. The van der Waals surface area contributed by atoms with Gasteiger partial charge in [-0.2, -0.15) is 0 Å². The first kappa shape index (κ1) is 19.0. The van der Waals surface area contributed by atoms with Gasteiger partial charge in [0.15, 0.2) is 0 Å². The van der Waals surface area contributed by atoms with Crippen LogP contribution >= 0.6 is 0 Å². The molecule has 2 aromatic rings. The molecule has 148 valence electrons. The molecule has 0 atom stereocenters. The number of carbonyl (C=O) groups excluding carboxylic acids is 1. The standard InChI is InChI=1S/C25H32N2O/c28-25(26-15-11-23(12-16-26)19-21-7-3-1-4-8-21)27-17-13-24(14-18-27)20-22-9-5-2-6-10-22/h1-10,23-24H,11-20H2. The minimum atomic E-state index is 0.274. The van der Waals surface area contributed by atoms with E-state index in [0.29, 0.717) is 11.8 Å². The van der Waals surface area contributed by atoms with Crippen molar-refractivity contribution in [1.29, 1.82) is 0 Å². The average molecular weight is 377 g/mol. The third-order valence-electron chi connectivity index (χ3n) is 6.50. The molecule has 0 bridgehead atoms. The van der Waals surface area contributed by atoms with Gasteiger partial charge in [-0.15, -0.1) is 0 Å². The molecular formula is C25H32N2O. The van der Waals surface area contributed by atoms with Crippen LogP contribution in [0.15, 0.2) is 60.7 Å². The lowest BCUT2D eigenvalue weighted by molar-refractivity contribution is 0.116. The highest BCUT2D eigenvalue weighted by atomic mass is 16.2. The third kappa shape index (κ3) is 4.95. The van der Waals surface area contributed by atoms with E-state index in [1.165, 1.54) is 11.1 Å². The van der Waals surface area contributed by atoms with E-state index >= 15 is 0 Å². The number of likely N-dealkylation sites (tertiary alicyclic amines) is 2. The normalized spacial score (nSPS) is 19.0. The third-order valence-corrected chi connectivity index (χ3v) is 6.50. The molecule has 0 saturated carbocycles. The van der Waals surface area contributed by atoms with Crippen molar-refractivity contribution in [3.8, 4) is 0 Å². The molecule has 0 unspecified atom stereocenters. The number of benzene rings is 2. The summed E-state index contributed by atoms with van der Waals surface area (Å²) in [6.45, 7) is 3.67. The zero-order valence-electron chi connectivity index (χ0n) is 16.8. The van der Waals surface area contributed by atoms with Crippen molar-refractivity contribution in [2.75, 3.05) is 26.2 Å². The summed E-state index contributed by atoms with van der Waals surface area (Å²) < 4.78 is 0. The second-order valence-electron chi connectivity index (χ2n) is 8.52. The first-order valence-corrected chi connectivity index (χ1v) is 10.9. The minimum absolute atomic E-state index is 0.274. The van der Waals surface area contributed by atoms with Crippen molar-refractivity contribution in [2.45, 2.75) is 38.5 Å². The van der Waals surface area contributed by atoms with Crippen LogP contribution in [0.2, 0.25) is 0 Å². The Morgan fingerprint density at radius 1 is 0.643 bits per heavy atom. The van der Waals surface area contributed by atoms with Gasteiger partial charge >= 0.3 is 6.03 Å². The number of urea groups is 1.